The molecule has 2 aromatic carbocycles. The van der Waals surface area contributed by atoms with Crippen molar-refractivity contribution in [2.24, 2.45) is 0 Å². The van der Waals surface area contributed by atoms with Crippen LogP contribution in [0.3, 0.4) is 0 Å². The van der Waals surface area contributed by atoms with Gasteiger partial charge in [0.15, 0.2) is 0 Å². The quantitative estimate of drug-likeness (QED) is 0.325. The number of nitrogens with one attached hydrogen (secondary N) is 1. The minimum Gasteiger partial charge on any atom is -0.497 e. The third-order valence-corrected chi connectivity index (χ3v) is 7.43. The molecular weight excluding hydrogens is 460 g/mol. The number of carbonyl (C=O) groups is 2. The van der Waals surface area contributed by atoms with Gasteiger partial charge in [0.2, 0.25) is 0 Å². The van der Waals surface area contributed by atoms with Crippen LogP contribution in [0.15, 0.2) is 54.6 Å². The van der Waals surface area contributed by atoms with Crippen LogP contribution in [0.5, 0.6) is 5.75 Å². The van der Waals surface area contributed by atoms with E-state index >= 15 is 0 Å². The average molecular weight is 487 g/mol. The Labute approximate surface area is 207 Å². The molecule has 178 valence electrons. The molecule has 5 rings (SSSR count). The Bertz CT molecular complexity index is 1410. The van der Waals surface area contributed by atoms with Crippen LogP contribution in [-0.4, -0.2) is 30.6 Å². The summed E-state index contributed by atoms with van der Waals surface area (Å²) in [6, 6.07) is 17.0. The van der Waals surface area contributed by atoms with Crippen molar-refractivity contribution < 1.29 is 19.1 Å². The number of hydrogen-bond donors (Lipinski definition) is 1. The number of para-hydroxylation sites is 1. The van der Waals surface area contributed by atoms with Gasteiger partial charge in [-0.3, -0.25) is 4.79 Å². The molecule has 1 amide bonds. The average Bonchev–Trinajstić information content (AvgIpc) is 3.26. The topological polar surface area (TPSA) is 77.5 Å². The standard InChI is InChI=1S/C28H26N2O4S/c1-3-34-28(32)25-20-9-5-7-11-24(20)35-27(25)30-26(31)21-16-23(17-12-14-18(33-2)15-13-17)29-22-10-6-4-8-19(21)22/h4,6,8,10,12-16H,3,5,7,9,11H2,1-2H3,(H,30,31). The lowest BCUT2D eigenvalue weighted by molar-refractivity contribution is 0.0526. The van der Waals surface area contributed by atoms with Gasteiger partial charge < -0.3 is 14.8 Å². The number of pyridine rings is 1. The van der Waals surface area contributed by atoms with E-state index in [1.807, 2.05) is 48.5 Å². The summed E-state index contributed by atoms with van der Waals surface area (Å²) in [6.45, 7) is 2.08. The number of nitrogens with zero attached hydrogens (tertiary/aromatic N) is 1. The summed E-state index contributed by atoms with van der Waals surface area (Å²) in [5.41, 5.74) is 4.32. The Hall–Kier alpha value is -3.71. The lowest BCUT2D eigenvalue weighted by Crippen LogP contribution is -2.16. The van der Waals surface area contributed by atoms with E-state index in [4.69, 9.17) is 14.5 Å². The van der Waals surface area contributed by atoms with Crippen molar-refractivity contribution in [2.45, 2.75) is 32.6 Å². The van der Waals surface area contributed by atoms with Crippen molar-refractivity contribution in [3.05, 3.63) is 76.2 Å². The number of aryl methyl sites for hydroxylation is 1. The number of aromatic nitrogens is 1. The van der Waals surface area contributed by atoms with E-state index in [-0.39, 0.29) is 18.5 Å². The largest absolute Gasteiger partial charge is 0.497 e. The number of carbonyl (C=O) groups excluding carboxylic acids is 2. The number of ether oxygens (including phenoxy) is 2. The zero-order valence-electron chi connectivity index (χ0n) is 19.7. The molecule has 1 N–H and O–H groups in total. The van der Waals surface area contributed by atoms with E-state index in [2.05, 4.69) is 5.32 Å². The van der Waals surface area contributed by atoms with Gasteiger partial charge >= 0.3 is 5.97 Å². The SMILES string of the molecule is CCOC(=O)c1c(NC(=O)c2cc(-c3ccc(OC)cc3)nc3ccccc23)sc2c1CCCC2. The third kappa shape index (κ3) is 4.51. The molecule has 0 saturated heterocycles. The first-order valence-corrected chi connectivity index (χ1v) is 12.6. The molecule has 2 aromatic heterocycles. The van der Waals surface area contributed by atoms with E-state index in [1.54, 1.807) is 20.1 Å². The number of anilines is 1. The van der Waals surface area contributed by atoms with Gasteiger partial charge in [-0.25, -0.2) is 9.78 Å². The monoisotopic (exact) mass is 486 g/mol. The Kier molecular flexibility index (Phi) is 6.51. The first-order chi connectivity index (χ1) is 17.1. The van der Waals surface area contributed by atoms with Gasteiger partial charge in [0.1, 0.15) is 10.8 Å². The van der Waals surface area contributed by atoms with Crippen LogP contribution in [-0.2, 0) is 17.6 Å². The minimum absolute atomic E-state index is 0.275. The van der Waals surface area contributed by atoms with Crippen LogP contribution in [0.1, 0.15) is 50.9 Å². The van der Waals surface area contributed by atoms with Gasteiger partial charge in [-0.15, -0.1) is 11.3 Å². The molecule has 7 heteroatoms. The highest BCUT2D eigenvalue weighted by Gasteiger charge is 2.28. The Morgan fingerprint density at radius 3 is 2.60 bits per heavy atom. The molecular formula is C28H26N2O4S. The Balaban J connectivity index is 1.56. The first kappa shape index (κ1) is 23.1. The normalized spacial score (nSPS) is 12.7. The second kappa shape index (κ2) is 9.88. The van der Waals surface area contributed by atoms with Gasteiger partial charge in [0, 0.05) is 15.8 Å². The van der Waals surface area contributed by atoms with Gasteiger partial charge in [0.25, 0.3) is 5.91 Å². The summed E-state index contributed by atoms with van der Waals surface area (Å²) in [5, 5.41) is 4.36. The summed E-state index contributed by atoms with van der Waals surface area (Å²) in [6.07, 6.45) is 3.87. The van der Waals surface area contributed by atoms with Crippen molar-refractivity contribution >= 4 is 39.1 Å². The van der Waals surface area contributed by atoms with Gasteiger partial charge in [-0.05, 0) is 74.6 Å². The van der Waals surface area contributed by atoms with Crippen molar-refractivity contribution in [3.8, 4) is 17.0 Å². The molecule has 0 unspecified atom stereocenters. The summed E-state index contributed by atoms with van der Waals surface area (Å²) < 4.78 is 10.6. The number of fused-ring (bicyclic) bond motifs is 2. The summed E-state index contributed by atoms with van der Waals surface area (Å²) in [7, 11) is 1.62. The van der Waals surface area contributed by atoms with E-state index in [0.717, 1.165) is 58.3 Å². The Morgan fingerprint density at radius 1 is 1.06 bits per heavy atom. The van der Waals surface area contributed by atoms with E-state index < -0.39 is 0 Å². The smallest absolute Gasteiger partial charge is 0.341 e. The number of amides is 1. The van der Waals surface area contributed by atoms with Crippen molar-refractivity contribution in [1.82, 2.24) is 4.98 Å². The predicted molar refractivity (Wildman–Crippen MR) is 139 cm³/mol. The number of benzene rings is 2. The maximum Gasteiger partial charge on any atom is 0.341 e. The number of rotatable bonds is 6. The number of thiophene rings is 1. The molecule has 0 radical (unpaired) electrons. The van der Waals surface area contributed by atoms with Crippen LogP contribution in [0.4, 0.5) is 5.00 Å². The van der Waals surface area contributed by atoms with Crippen molar-refractivity contribution in [2.75, 3.05) is 19.0 Å². The van der Waals surface area contributed by atoms with Gasteiger partial charge in [-0.1, -0.05) is 18.2 Å². The van der Waals surface area contributed by atoms with Crippen LogP contribution in [0.2, 0.25) is 0 Å². The van der Waals surface area contributed by atoms with Crippen molar-refractivity contribution in [3.63, 3.8) is 0 Å². The second-order valence-corrected chi connectivity index (χ2v) is 9.50. The molecule has 0 bridgehead atoms. The fraction of sp³-hybridized carbons (Fsp3) is 0.250. The highest BCUT2D eigenvalue weighted by Crippen LogP contribution is 2.39. The zero-order chi connectivity index (χ0) is 24.4. The van der Waals surface area contributed by atoms with Crippen LogP contribution < -0.4 is 10.1 Å². The summed E-state index contributed by atoms with van der Waals surface area (Å²) in [4.78, 5) is 32.4. The second-order valence-electron chi connectivity index (χ2n) is 8.39. The molecule has 0 aliphatic heterocycles. The van der Waals surface area contributed by atoms with E-state index in [1.165, 1.54) is 11.3 Å². The molecule has 35 heavy (non-hydrogen) atoms. The lowest BCUT2D eigenvalue weighted by Gasteiger charge is -2.13. The molecule has 0 atom stereocenters. The highest BCUT2D eigenvalue weighted by atomic mass is 32.1. The highest BCUT2D eigenvalue weighted by molar-refractivity contribution is 7.17. The van der Waals surface area contributed by atoms with Crippen LogP contribution >= 0.6 is 11.3 Å². The maximum atomic E-state index is 13.7. The maximum absolute atomic E-state index is 13.7. The molecule has 1 aliphatic rings. The molecule has 6 nitrogen and oxygen atoms in total. The summed E-state index contributed by atoms with van der Waals surface area (Å²) >= 11 is 1.49. The fourth-order valence-corrected chi connectivity index (χ4v) is 5.79. The number of esters is 1. The minimum atomic E-state index is -0.374. The lowest BCUT2D eigenvalue weighted by atomic mass is 9.95. The van der Waals surface area contributed by atoms with Gasteiger partial charge in [0.05, 0.1) is 36.1 Å². The molecule has 0 fully saturated rings. The predicted octanol–water partition coefficient (Wildman–Crippen LogP) is 6.28. The van der Waals surface area contributed by atoms with Crippen molar-refractivity contribution in [1.29, 1.82) is 0 Å². The summed E-state index contributed by atoms with van der Waals surface area (Å²) in [5.74, 6) is 0.101. The third-order valence-electron chi connectivity index (χ3n) is 6.22. The van der Waals surface area contributed by atoms with Crippen LogP contribution in [0, 0.1) is 0 Å². The van der Waals surface area contributed by atoms with E-state index in [9.17, 15) is 9.59 Å². The molecule has 4 aromatic rings. The first-order valence-electron chi connectivity index (χ1n) is 11.8. The van der Waals surface area contributed by atoms with Gasteiger partial charge in [-0.2, -0.15) is 0 Å². The van der Waals surface area contributed by atoms with E-state index in [0.29, 0.717) is 21.8 Å². The molecule has 2 heterocycles. The number of methoxy groups -OCH3 is 1. The van der Waals surface area contributed by atoms with Crippen LogP contribution in [0.25, 0.3) is 22.2 Å². The number of hydrogen-bond acceptors (Lipinski definition) is 6. The molecule has 0 saturated carbocycles. The zero-order valence-corrected chi connectivity index (χ0v) is 20.5. The fourth-order valence-electron chi connectivity index (χ4n) is 4.52. The molecule has 1 aliphatic carbocycles. The Morgan fingerprint density at radius 2 is 1.83 bits per heavy atom. The molecule has 0 spiro atoms.